The topological polar surface area (TPSA) is 78.2 Å². The van der Waals surface area contributed by atoms with Crippen LogP contribution in [-0.2, 0) is 11.2 Å². The van der Waals surface area contributed by atoms with Crippen molar-refractivity contribution < 1.29 is 14.7 Å². The van der Waals surface area contributed by atoms with Gasteiger partial charge in [0.15, 0.2) is 0 Å². The number of aryl methyl sites for hydroxylation is 1. The summed E-state index contributed by atoms with van der Waals surface area (Å²) in [5.41, 5.74) is 1.13. The van der Waals surface area contributed by atoms with Crippen LogP contribution in [0, 0.1) is 11.3 Å². The van der Waals surface area contributed by atoms with Crippen molar-refractivity contribution in [3.05, 3.63) is 35.4 Å². The lowest BCUT2D eigenvalue weighted by Gasteiger charge is -2.00. The van der Waals surface area contributed by atoms with Crippen LogP contribution < -0.4 is 0 Å². The number of rotatable bonds is 5. The molecule has 16 heavy (non-hydrogen) atoms. The van der Waals surface area contributed by atoms with E-state index in [-0.39, 0.29) is 17.8 Å². The Balaban J connectivity index is 2.53. The molecule has 0 heterocycles. The molecule has 82 valence electrons. The van der Waals surface area contributed by atoms with Gasteiger partial charge in [0.25, 0.3) is 0 Å². The van der Waals surface area contributed by atoms with E-state index in [1.807, 2.05) is 0 Å². The van der Waals surface area contributed by atoms with Crippen molar-refractivity contribution in [1.29, 1.82) is 5.26 Å². The Morgan fingerprint density at radius 1 is 1.25 bits per heavy atom. The summed E-state index contributed by atoms with van der Waals surface area (Å²) in [7, 11) is 0. The Morgan fingerprint density at radius 2 is 1.88 bits per heavy atom. The predicted octanol–water partition coefficient (Wildman–Crippen LogP) is 1.80. The molecule has 1 rings (SSSR count). The third-order valence-electron chi connectivity index (χ3n) is 2.17. The highest BCUT2D eigenvalue weighted by molar-refractivity contribution is 5.87. The van der Waals surface area contributed by atoms with Crippen LogP contribution in [0.3, 0.4) is 0 Å². The second-order valence-corrected chi connectivity index (χ2v) is 3.38. The molecule has 0 radical (unpaired) electrons. The SMILES string of the molecule is N#CCC(=O)CCc1ccc(C(=O)O)cc1. The third-order valence-corrected chi connectivity index (χ3v) is 2.17. The summed E-state index contributed by atoms with van der Waals surface area (Å²) in [6.07, 6.45) is 0.799. The van der Waals surface area contributed by atoms with Gasteiger partial charge in [-0.15, -0.1) is 0 Å². The van der Waals surface area contributed by atoms with Crippen molar-refractivity contribution in [3.63, 3.8) is 0 Å². The minimum atomic E-state index is -0.966. The van der Waals surface area contributed by atoms with E-state index >= 15 is 0 Å². The molecule has 0 bridgehead atoms. The molecule has 0 aliphatic heterocycles. The smallest absolute Gasteiger partial charge is 0.335 e. The zero-order valence-electron chi connectivity index (χ0n) is 8.64. The van der Waals surface area contributed by atoms with Gasteiger partial charge in [0.05, 0.1) is 18.1 Å². The second kappa shape index (κ2) is 5.66. The molecule has 0 saturated heterocycles. The largest absolute Gasteiger partial charge is 0.478 e. The lowest BCUT2D eigenvalue weighted by Crippen LogP contribution is -2.00. The fraction of sp³-hybridized carbons (Fsp3) is 0.250. The van der Waals surface area contributed by atoms with Crippen LogP contribution in [0.1, 0.15) is 28.8 Å². The molecule has 0 aromatic heterocycles. The Labute approximate surface area is 93.1 Å². The Kier molecular flexibility index (Phi) is 4.22. The average Bonchev–Trinajstić information content (AvgIpc) is 2.27. The van der Waals surface area contributed by atoms with Crippen LogP contribution in [0.25, 0.3) is 0 Å². The number of carbonyl (C=O) groups excluding carboxylic acids is 1. The number of hydrogen-bond acceptors (Lipinski definition) is 3. The van der Waals surface area contributed by atoms with Crippen LogP contribution in [0.5, 0.6) is 0 Å². The van der Waals surface area contributed by atoms with Gasteiger partial charge in [-0.1, -0.05) is 12.1 Å². The molecular weight excluding hydrogens is 206 g/mol. The summed E-state index contributed by atoms with van der Waals surface area (Å²) >= 11 is 0. The van der Waals surface area contributed by atoms with Gasteiger partial charge < -0.3 is 5.11 Å². The van der Waals surface area contributed by atoms with E-state index in [9.17, 15) is 9.59 Å². The van der Waals surface area contributed by atoms with Crippen molar-refractivity contribution in [2.45, 2.75) is 19.3 Å². The third kappa shape index (κ3) is 3.54. The Morgan fingerprint density at radius 3 is 2.38 bits per heavy atom. The molecule has 0 atom stereocenters. The zero-order chi connectivity index (χ0) is 12.0. The van der Waals surface area contributed by atoms with Crippen molar-refractivity contribution in [2.75, 3.05) is 0 Å². The summed E-state index contributed by atoms with van der Waals surface area (Å²) < 4.78 is 0. The highest BCUT2D eigenvalue weighted by atomic mass is 16.4. The van der Waals surface area contributed by atoms with Crippen molar-refractivity contribution in [3.8, 4) is 6.07 Å². The molecule has 1 N–H and O–H groups in total. The molecule has 1 aromatic carbocycles. The summed E-state index contributed by atoms with van der Waals surface area (Å²) in [4.78, 5) is 21.6. The van der Waals surface area contributed by atoms with Gasteiger partial charge in [-0.05, 0) is 24.1 Å². The standard InChI is InChI=1S/C12H11NO3/c13-8-7-11(14)6-3-9-1-4-10(5-2-9)12(15)16/h1-2,4-5H,3,6-7H2,(H,15,16). The van der Waals surface area contributed by atoms with Gasteiger partial charge in [-0.2, -0.15) is 5.26 Å². The molecule has 0 aliphatic rings. The number of benzene rings is 1. The maximum Gasteiger partial charge on any atom is 0.335 e. The summed E-state index contributed by atoms with van der Waals surface area (Å²) in [6, 6.07) is 8.18. The lowest BCUT2D eigenvalue weighted by atomic mass is 10.0. The van der Waals surface area contributed by atoms with Crippen molar-refractivity contribution in [1.82, 2.24) is 0 Å². The highest BCUT2D eigenvalue weighted by Gasteiger charge is 2.04. The first-order valence-corrected chi connectivity index (χ1v) is 4.84. The zero-order valence-corrected chi connectivity index (χ0v) is 8.64. The van der Waals surface area contributed by atoms with Crippen molar-refractivity contribution >= 4 is 11.8 Å². The van der Waals surface area contributed by atoms with Crippen LogP contribution in [0.2, 0.25) is 0 Å². The first-order valence-electron chi connectivity index (χ1n) is 4.84. The highest BCUT2D eigenvalue weighted by Crippen LogP contribution is 2.07. The number of hydrogen-bond donors (Lipinski definition) is 1. The van der Waals surface area contributed by atoms with Gasteiger partial charge >= 0.3 is 5.97 Å². The molecule has 4 nitrogen and oxygen atoms in total. The Bertz CT molecular complexity index is 429. The number of carboxylic acids is 1. The first-order chi connectivity index (χ1) is 7.63. The maximum absolute atomic E-state index is 11.1. The van der Waals surface area contributed by atoms with E-state index in [1.165, 1.54) is 12.1 Å². The molecule has 0 unspecified atom stereocenters. The van der Waals surface area contributed by atoms with Crippen LogP contribution in [0.15, 0.2) is 24.3 Å². The fourth-order valence-electron chi connectivity index (χ4n) is 1.27. The second-order valence-electron chi connectivity index (χ2n) is 3.38. The van der Waals surface area contributed by atoms with E-state index in [4.69, 9.17) is 10.4 Å². The number of carboxylic acid groups (broad SMARTS) is 1. The van der Waals surface area contributed by atoms with Gasteiger partial charge in [-0.3, -0.25) is 4.79 Å². The average molecular weight is 217 g/mol. The van der Waals surface area contributed by atoms with Gasteiger partial charge in [0.1, 0.15) is 5.78 Å². The summed E-state index contributed by atoms with van der Waals surface area (Å²) in [5, 5.41) is 17.0. The fourth-order valence-corrected chi connectivity index (χ4v) is 1.27. The number of nitriles is 1. The molecule has 0 spiro atoms. The van der Waals surface area contributed by atoms with E-state index in [0.29, 0.717) is 12.8 Å². The van der Waals surface area contributed by atoms with Crippen LogP contribution in [-0.4, -0.2) is 16.9 Å². The predicted molar refractivity (Wildman–Crippen MR) is 57.0 cm³/mol. The van der Waals surface area contributed by atoms with E-state index < -0.39 is 5.97 Å². The molecule has 1 aromatic rings. The minimum Gasteiger partial charge on any atom is -0.478 e. The molecule has 0 saturated carbocycles. The van der Waals surface area contributed by atoms with Crippen LogP contribution >= 0.6 is 0 Å². The van der Waals surface area contributed by atoms with Gasteiger partial charge in [0, 0.05) is 6.42 Å². The molecule has 0 aliphatic carbocycles. The van der Waals surface area contributed by atoms with E-state index in [1.54, 1.807) is 18.2 Å². The number of aromatic carboxylic acids is 1. The minimum absolute atomic E-state index is 0.0623. The maximum atomic E-state index is 11.1. The monoisotopic (exact) mass is 217 g/mol. The molecular formula is C12H11NO3. The van der Waals surface area contributed by atoms with E-state index in [2.05, 4.69) is 0 Å². The molecule has 0 amide bonds. The van der Waals surface area contributed by atoms with E-state index in [0.717, 1.165) is 5.56 Å². The first kappa shape index (κ1) is 11.9. The normalized spacial score (nSPS) is 9.44. The van der Waals surface area contributed by atoms with Gasteiger partial charge in [-0.25, -0.2) is 4.79 Å². The summed E-state index contributed by atoms with van der Waals surface area (Å²) in [5.74, 6) is -1.06. The van der Waals surface area contributed by atoms with Crippen molar-refractivity contribution in [2.24, 2.45) is 0 Å². The number of ketones is 1. The summed E-state index contributed by atoms with van der Waals surface area (Å²) in [6.45, 7) is 0. The number of carbonyl (C=O) groups is 2. The molecule has 4 heteroatoms. The van der Waals surface area contributed by atoms with Crippen LogP contribution in [0.4, 0.5) is 0 Å². The quantitative estimate of drug-likeness (QED) is 0.815. The number of Topliss-reactive ketones (excluding diaryl/α,β-unsaturated/α-hetero) is 1. The lowest BCUT2D eigenvalue weighted by molar-refractivity contribution is -0.118. The number of nitrogens with zero attached hydrogens (tertiary/aromatic N) is 1. The molecule has 0 fully saturated rings. The van der Waals surface area contributed by atoms with Gasteiger partial charge in [0.2, 0.25) is 0 Å². The Hall–Kier alpha value is -2.15.